The number of hydrogen-bond donors (Lipinski definition) is 5. The first-order chi connectivity index (χ1) is 17.9. The normalized spacial score (nSPS) is 25.7. The predicted octanol–water partition coefficient (Wildman–Crippen LogP) is 1.16. The number of nitrogens with two attached hydrogens (primary N) is 1. The highest BCUT2D eigenvalue weighted by Gasteiger charge is 2.54. The van der Waals surface area contributed by atoms with E-state index in [1.54, 1.807) is 30.3 Å². The van der Waals surface area contributed by atoms with Gasteiger partial charge in [0.1, 0.15) is 29.3 Å². The summed E-state index contributed by atoms with van der Waals surface area (Å²) in [5.41, 5.74) is 6.99. The van der Waals surface area contributed by atoms with E-state index in [0.29, 0.717) is 0 Å². The third kappa shape index (κ3) is 5.63. The fourth-order valence-electron chi connectivity index (χ4n) is 3.86. The molecule has 0 saturated carbocycles. The standard InChI is InChI=1S/C22H30N7O8P/c1-12(13(2)30)28-38(33,37-14-8-6-5-7-9-14)35-10-15-17(31)22(3,32)20(36-15)29-11-24-16-18(27-34-4)25-21(23)26-19(16)29/h5-9,11-12,15,17,20,31-32H,10H2,1-4H3,(H,28,33)(H3,23,25,26,27)/t12-,15?,17+,20+,22+,38?/m0/s1. The Kier molecular flexibility index (Phi) is 7.99. The lowest BCUT2D eigenvalue weighted by molar-refractivity contribution is -0.118. The molecule has 1 aromatic carbocycles. The van der Waals surface area contributed by atoms with Crippen LogP contribution in [0.3, 0.4) is 0 Å². The molecule has 0 bridgehead atoms. The van der Waals surface area contributed by atoms with Crippen LogP contribution in [0.25, 0.3) is 11.2 Å². The SMILES string of the molecule is CONc1nc(N)nc2c1ncn2[C@@H]1OC(COP(=O)(N[C@@H](C)C(C)=O)Oc2ccccc2)[C@@H](O)[C@@]1(C)O. The van der Waals surface area contributed by atoms with Crippen molar-refractivity contribution in [3.8, 4) is 5.75 Å². The number of carbonyl (C=O) groups is 1. The lowest BCUT2D eigenvalue weighted by atomic mass is 9.96. The minimum atomic E-state index is -4.13. The first-order valence-corrected chi connectivity index (χ1v) is 13.1. The number of para-hydroxylation sites is 1. The summed E-state index contributed by atoms with van der Waals surface area (Å²) in [5.74, 6) is 0.0405. The van der Waals surface area contributed by atoms with Crippen LogP contribution in [0, 0.1) is 0 Å². The lowest BCUT2D eigenvalue weighted by Gasteiger charge is -2.27. The molecule has 2 aromatic heterocycles. The van der Waals surface area contributed by atoms with E-state index in [1.165, 1.54) is 38.8 Å². The summed E-state index contributed by atoms with van der Waals surface area (Å²) in [4.78, 5) is 29.2. The van der Waals surface area contributed by atoms with Crippen molar-refractivity contribution in [1.82, 2.24) is 24.6 Å². The van der Waals surface area contributed by atoms with Crippen LogP contribution in [0.4, 0.5) is 11.8 Å². The summed E-state index contributed by atoms with van der Waals surface area (Å²) in [7, 11) is -2.75. The van der Waals surface area contributed by atoms with Crippen molar-refractivity contribution >= 4 is 36.5 Å². The largest absolute Gasteiger partial charge is 0.459 e. The van der Waals surface area contributed by atoms with Gasteiger partial charge in [0, 0.05) is 0 Å². The van der Waals surface area contributed by atoms with Crippen molar-refractivity contribution in [2.75, 3.05) is 24.9 Å². The fraction of sp³-hybridized carbons (Fsp3) is 0.455. The lowest BCUT2D eigenvalue weighted by Crippen LogP contribution is -2.44. The average Bonchev–Trinajstić information content (AvgIpc) is 3.36. The molecule has 38 heavy (non-hydrogen) atoms. The van der Waals surface area contributed by atoms with Gasteiger partial charge in [0.2, 0.25) is 5.95 Å². The highest BCUT2D eigenvalue weighted by atomic mass is 31.2. The predicted molar refractivity (Wildman–Crippen MR) is 135 cm³/mol. The molecule has 0 amide bonds. The molecule has 1 aliphatic rings. The smallest absolute Gasteiger partial charge is 0.413 e. The number of ketones is 1. The molecule has 1 saturated heterocycles. The third-order valence-electron chi connectivity index (χ3n) is 5.98. The first kappa shape index (κ1) is 27.9. The average molecular weight is 551 g/mol. The molecule has 206 valence electrons. The van der Waals surface area contributed by atoms with Crippen molar-refractivity contribution in [1.29, 1.82) is 0 Å². The summed E-state index contributed by atoms with van der Waals surface area (Å²) in [6.07, 6.45) is -2.51. The molecule has 0 radical (unpaired) electrons. The molecule has 3 aromatic rings. The number of Topliss-reactive ketones (excluding diaryl/α,β-unsaturated/α-hetero) is 1. The maximum Gasteiger partial charge on any atom is 0.459 e. The second-order valence-corrected chi connectivity index (χ2v) is 10.6. The monoisotopic (exact) mass is 551 g/mol. The van der Waals surface area contributed by atoms with E-state index in [1.807, 2.05) is 0 Å². The Bertz CT molecular complexity index is 1340. The summed E-state index contributed by atoms with van der Waals surface area (Å²) in [5, 5.41) is 24.7. The number of nitrogens with zero attached hydrogens (tertiary/aromatic N) is 4. The number of nitrogens with one attached hydrogen (secondary N) is 2. The number of imidazole rings is 1. The van der Waals surface area contributed by atoms with Crippen molar-refractivity contribution in [2.45, 2.75) is 50.8 Å². The fourth-order valence-corrected chi connectivity index (χ4v) is 5.44. The maximum absolute atomic E-state index is 13.6. The maximum atomic E-state index is 13.6. The van der Waals surface area contributed by atoms with Crippen LogP contribution in [0.15, 0.2) is 36.7 Å². The van der Waals surface area contributed by atoms with Crippen molar-refractivity contribution in [3.63, 3.8) is 0 Å². The Morgan fingerprint density at radius 1 is 1.34 bits per heavy atom. The van der Waals surface area contributed by atoms with Crippen LogP contribution >= 0.6 is 7.75 Å². The topological polar surface area (TPSA) is 205 Å². The van der Waals surface area contributed by atoms with Crippen molar-refractivity contribution in [3.05, 3.63) is 36.7 Å². The van der Waals surface area contributed by atoms with E-state index < -0.39 is 44.4 Å². The third-order valence-corrected chi connectivity index (χ3v) is 7.63. The van der Waals surface area contributed by atoms with Gasteiger partial charge in [-0.15, -0.1) is 0 Å². The Balaban J connectivity index is 1.58. The minimum absolute atomic E-state index is 0.0958. The molecule has 4 rings (SSSR count). The van der Waals surface area contributed by atoms with Crippen LogP contribution in [0.1, 0.15) is 27.0 Å². The van der Waals surface area contributed by atoms with E-state index in [0.717, 1.165) is 0 Å². The van der Waals surface area contributed by atoms with Crippen LogP contribution < -0.4 is 20.8 Å². The second-order valence-electron chi connectivity index (χ2n) is 8.92. The zero-order valence-corrected chi connectivity index (χ0v) is 22.0. The van der Waals surface area contributed by atoms with E-state index in [2.05, 4.69) is 25.5 Å². The number of anilines is 2. The molecule has 2 unspecified atom stereocenters. The molecule has 1 aliphatic heterocycles. The number of carbonyl (C=O) groups excluding carboxylic acids is 1. The van der Waals surface area contributed by atoms with Crippen molar-refractivity contribution in [2.24, 2.45) is 0 Å². The highest BCUT2D eigenvalue weighted by molar-refractivity contribution is 7.52. The Morgan fingerprint density at radius 3 is 2.71 bits per heavy atom. The zero-order chi connectivity index (χ0) is 27.7. The molecular weight excluding hydrogens is 521 g/mol. The van der Waals surface area contributed by atoms with E-state index in [9.17, 15) is 19.6 Å². The van der Waals surface area contributed by atoms with E-state index >= 15 is 0 Å². The number of benzene rings is 1. The highest BCUT2D eigenvalue weighted by Crippen LogP contribution is 2.47. The Hall–Kier alpha value is -3.17. The van der Waals surface area contributed by atoms with E-state index in [4.69, 9.17) is 24.4 Å². The van der Waals surface area contributed by atoms with Gasteiger partial charge in [0.15, 0.2) is 23.2 Å². The zero-order valence-electron chi connectivity index (χ0n) is 21.1. The van der Waals surface area contributed by atoms with Crippen LogP contribution in [0.5, 0.6) is 5.75 Å². The van der Waals surface area contributed by atoms with Gasteiger partial charge >= 0.3 is 7.75 Å². The quantitative estimate of drug-likeness (QED) is 0.168. The number of rotatable bonds is 11. The summed E-state index contributed by atoms with van der Waals surface area (Å²) in [6, 6.07) is 7.40. The molecule has 3 heterocycles. The number of hydrogen-bond acceptors (Lipinski definition) is 13. The summed E-state index contributed by atoms with van der Waals surface area (Å²) in [6.45, 7) is 3.74. The van der Waals surface area contributed by atoms with Gasteiger partial charge in [0.25, 0.3) is 0 Å². The van der Waals surface area contributed by atoms with Gasteiger partial charge in [-0.25, -0.2) is 20.1 Å². The summed E-state index contributed by atoms with van der Waals surface area (Å²) >= 11 is 0. The first-order valence-electron chi connectivity index (χ1n) is 11.6. The molecular formula is C22H30N7O8P. The molecule has 0 aliphatic carbocycles. The van der Waals surface area contributed by atoms with Gasteiger partial charge < -0.3 is 25.2 Å². The van der Waals surface area contributed by atoms with Crippen molar-refractivity contribution < 1.29 is 38.2 Å². The van der Waals surface area contributed by atoms with E-state index in [-0.39, 0.29) is 34.5 Å². The Labute approximate surface area is 217 Å². The number of aliphatic hydroxyl groups is 2. The number of fused-ring (bicyclic) bond motifs is 1. The van der Waals surface area contributed by atoms with Crippen LogP contribution in [0.2, 0.25) is 0 Å². The number of aliphatic hydroxyl groups excluding tert-OH is 1. The van der Waals surface area contributed by atoms with Crippen LogP contribution in [-0.4, -0.2) is 73.1 Å². The number of nitrogen functional groups attached to an aromatic ring is 1. The molecule has 0 spiro atoms. The molecule has 6 N–H and O–H groups in total. The molecule has 6 atom stereocenters. The minimum Gasteiger partial charge on any atom is -0.413 e. The molecule has 15 nitrogen and oxygen atoms in total. The van der Waals surface area contributed by atoms with Crippen LogP contribution in [-0.2, 0) is 23.5 Å². The van der Waals surface area contributed by atoms with Gasteiger partial charge in [0.05, 0.1) is 26.1 Å². The van der Waals surface area contributed by atoms with Gasteiger partial charge in [-0.3, -0.25) is 18.7 Å². The number of ether oxygens (including phenoxy) is 1. The van der Waals surface area contributed by atoms with Gasteiger partial charge in [-0.1, -0.05) is 18.2 Å². The molecule has 16 heteroatoms. The Morgan fingerprint density at radius 2 is 2.05 bits per heavy atom. The van der Waals surface area contributed by atoms with Gasteiger partial charge in [-0.2, -0.15) is 9.97 Å². The van der Waals surface area contributed by atoms with Gasteiger partial charge in [-0.05, 0) is 32.9 Å². The second kappa shape index (κ2) is 10.9. The molecule has 1 fully saturated rings. The number of aromatic nitrogens is 4. The summed E-state index contributed by atoms with van der Waals surface area (Å²) < 4.78 is 32.1.